The van der Waals surface area contributed by atoms with Crippen molar-refractivity contribution in [2.75, 3.05) is 0 Å². The number of hydrogen-bond donors (Lipinski definition) is 1. The molecule has 0 spiro atoms. The molecule has 13 heavy (non-hydrogen) atoms. The van der Waals surface area contributed by atoms with Crippen LogP contribution in [0.4, 0.5) is 0 Å². The average molecular weight is 185 g/mol. The number of esters is 1. The van der Waals surface area contributed by atoms with Crippen LogP contribution in [0.25, 0.3) is 0 Å². The van der Waals surface area contributed by atoms with Crippen molar-refractivity contribution in [1.29, 1.82) is 0 Å². The van der Waals surface area contributed by atoms with Gasteiger partial charge in [0.25, 0.3) is 0 Å². The van der Waals surface area contributed by atoms with Crippen molar-refractivity contribution < 1.29 is 9.53 Å². The van der Waals surface area contributed by atoms with Gasteiger partial charge in [0, 0.05) is 5.54 Å². The van der Waals surface area contributed by atoms with E-state index in [1.165, 1.54) is 0 Å². The fourth-order valence-corrected chi connectivity index (χ4v) is 1.85. The summed E-state index contributed by atoms with van der Waals surface area (Å²) in [5.41, 5.74) is 5.43. The van der Waals surface area contributed by atoms with Crippen LogP contribution >= 0.6 is 0 Å². The van der Waals surface area contributed by atoms with Gasteiger partial charge in [-0.05, 0) is 26.2 Å². The minimum atomic E-state index is -0.404. The van der Waals surface area contributed by atoms with Crippen molar-refractivity contribution in [1.82, 2.24) is 0 Å². The number of rotatable bonds is 2. The second-order valence-corrected chi connectivity index (χ2v) is 4.92. The van der Waals surface area contributed by atoms with Crippen molar-refractivity contribution in [3.63, 3.8) is 0 Å². The van der Waals surface area contributed by atoms with Gasteiger partial charge in [-0.3, -0.25) is 4.79 Å². The van der Waals surface area contributed by atoms with Crippen LogP contribution in [0.2, 0.25) is 0 Å². The molecule has 0 bridgehead atoms. The van der Waals surface area contributed by atoms with E-state index in [0.717, 1.165) is 0 Å². The molecule has 0 saturated heterocycles. The van der Waals surface area contributed by atoms with Crippen LogP contribution in [0.3, 0.4) is 0 Å². The first kappa shape index (κ1) is 10.5. The summed E-state index contributed by atoms with van der Waals surface area (Å²) in [6.45, 7) is 9.60. The van der Waals surface area contributed by atoms with E-state index < -0.39 is 5.54 Å². The highest BCUT2D eigenvalue weighted by Crippen LogP contribution is 2.60. The molecule has 0 aromatic carbocycles. The summed E-state index contributed by atoms with van der Waals surface area (Å²) in [6, 6.07) is 0. The molecule has 3 heteroatoms. The van der Waals surface area contributed by atoms with Gasteiger partial charge >= 0.3 is 5.97 Å². The molecule has 1 aliphatic rings. The standard InChI is InChI=1S/C10H19NO2/c1-6(2)13-8(12)7-9(3,4)10(7,5)11/h6-7H,11H2,1-5H3. The van der Waals surface area contributed by atoms with Crippen LogP contribution in [0.5, 0.6) is 0 Å². The van der Waals surface area contributed by atoms with Gasteiger partial charge in [0.15, 0.2) is 0 Å². The Morgan fingerprint density at radius 3 is 2.00 bits per heavy atom. The average Bonchev–Trinajstić information content (AvgIpc) is 2.20. The van der Waals surface area contributed by atoms with Crippen molar-refractivity contribution in [2.45, 2.75) is 46.3 Å². The molecule has 1 fully saturated rings. The molecule has 1 rings (SSSR count). The zero-order chi connectivity index (χ0) is 10.4. The van der Waals surface area contributed by atoms with Gasteiger partial charge in [-0.2, -0.15) is 0 Å². The van der Waals surface area contributed by atoms with Crippen LogP contribution in [-0.4, -0.2) is 17.6 Å². The highest BCUT2D eigenvalue weighted by atomic mass is 16.5. The fraction of sp³-hybridized carbons (Fsp3) is 0.900. The second kappa shape index (κ2) is 2.71. The Morgan fingerprint density at radius 1 is 1.38 bits per heavy atom. The van der Waals surface area contributed by atoms with E-state index in [0.29, 0.717) is 0 Å². The molecule has 2 atom stereocenters. The van der Waals surface area contributed by atoms with Crippen LogP contribution in [0, 0.1) is 11.3 Å². The Bertz CT molecular complexity index is 217. The predicted molar refractivity (Wildman–Crippen MR) is 51.1 cm³/mol. The largest absolute Gasteiger partial charge is 0.463 e. The van der Waals surface area contributed by atoms with Gasteiger partial charge in [0.05, 0.1) is 12.0 Å². The maximum Gasteiger partial charge on any atom is 0.311 e. The molecule has 0 heterocycles. The van der Waals surface area contributed by atoms with E-state index in [1.807, 2.05) is 34.6 Å². The molecular formula is C10H19NO2. The number of carbonyl (C=O) groups excluding carboxylic acids is 1. The van der Waals surface area contributed by atoms with Crippen LogP contribution in [0.1, 0.15) is 34.6 Å². The summed E-state index contributed by atoms with van der Waals surface area (Å²) in [5.74, 6) is -0.313. The quantitative estimate of drug-likeness (QED) is 0.660. The lowest BCUT2D eigenvalue weighted by atomic mass is 10.1. The van der Waals surface area contributed by atoms with Gasteiger partial charge < -0.3 is 10.5 Å². The number of carbonyl (C=O) groups is 1. The molecule has 0 radical (unpaired) electrons. The molecule has 76 valence electrons. The van der Waals surface area contributed by atoms with Crippen LogP contribution in [0.15, 0.2) is 0 Å². The van der Waals surface area contributed by atoms with Crippen molar-refractivity contribution in [2.24, 2.45) is 17.1 Å². The lowest BCUT2D eigenvalue weighted by molar-refractivity contribution is -0.150. The van der Waals surface area contributed by atoms with Gasteiger partial charge in [0.2, 0.25) is 0 Å². The van der Waals surface area contributed by atoms with Gasteiger partial charge in [-0.1, -0.05) is 13.8 Å². The second-order valence-electron chi connectivity index (χ2n) is 4.92. The third-order valence-corrected chi connectivity index (χ3v) is 3.21. The first-order chi connectivity index (χ1) is 5.71. The molecule has 0 amide bonds. The van der Waals surface area contributed by atoms with E-state index in [4.69, 9.17) is 10.5 Å². The summed E-state index contributed by atoms with van der Waals surface area (Å²) in [4.78, 5) is 11.5. The zero-order valence-corrected chi connectivity index (χ0v) is 9.05. The number of ether oxygens (including phenoxy) is 1. The predicted octanol–water partition coefficient (Wildman–Crippen LogP) is 1.31. The molecule has 0 aliphatic heterocycles. The maximum atomic E-state index is 11.5. The Kier molecular flexibility index (Phi) is 2.19. The lowest BCUT2D eigenvalue weighted by Crippen LogP contribution is -2.27. The molecule has 1 saturated carbocycles. The maximum absolute atomic E-state index is 11.5. The molecule has 2 unspecified atom stereocenters. The first-order valence-corrected chi connectivity index (χ1v) is 4.70. The summed E-state index contributed by atoms with van der Waals surface area (Å²) in [6.07, 6.45) is -0.0558. The summed E-state index contributed by atoms with van der Waals surface area (Å²) in [5, 5.41) is 0. The number of nitrogens with two attached hydrogens (primary N) is 1. The molecule has 0 aromatic heterocycles. The summed E-state index contributed by atoms with van der Waals surface area (Å²) in [7, 11) is 0. The Labute approximate surface area is 79.6 Å². The highest BCUT2D eigenvalue weighted by molar-refractivity contribution is 5.80. The molecule has 2 N–H and O–H groups in total. The molecule has 1 aliphatic carbocycles. The monoisotopic (exact) mass is 185 g/mol. The van der Waals surface area contributed by atoms with E-state index in [9.17, 15) is 4.79 Å². The van der Waals surface area contributed by atoms with Crippen LogP contribution in [-0.2, 0) is 9.53 Å². The Morgan fingerprint density at radius 2 is 1.77 bits per heavy atom. The van der Waals surface area contributed by atoms with E-state index in [-0.39, 0.29) is 23.4 Å². The third-order valence-electron chi connectivity index (χ3n) is 3.21. The number of hydrogen-bond acceptors (Lipinski definition) is 3. The first-order valence-electron chi connectivity index (χ1n) is 4.70. The lowest BCUT2D eigenvalue weighted by Gasteiger charge is -2.08. The van der Waals surface area contributed by atoms with E-state index >= 15 is 0 Å². The minimum absolute atomic E-state index is 0.0558. The Hall–Kier alpha value is -0.570. The molecule has 0 aromatic rings. The van der Waals surface area contributed by atoms with Crippen LogP contribution < -0.4 is 5.73 Å². The van der Waals surface area contributed by atoms with Crippen molar-refractivity contribution >= 4 is 5.97 Å². The van der Waals surface area contributed by atoms with Gasteiger partial charge in [-0.25, -0.2) is 0 Å². The van der Waals surface area contributed by atoms with Gasteiger partial charge in [0.1, 0.15) is 0 Å². The third kappa shape index (κ3) is 1.46. The molecular weight excluding hydrogens is 166 g/mol. The molecule has 3 nitrogen and oxygen atoms in total. The van der Waals surface area contributed by atoms with E-state index in [2.05, 4.69) is 0 Å². The minimum Gasteiger partial charge on any atom is -0.463 e. The fourth-order valence-electron chi connectivity index (χ4n) is 1.85. The topological polar surface area (TPSA) is 52.3 Å². The SMILES string of the molecule is CC(C)OC(=O)C1C(C)(C)C1(C)N. The van der Waals surface area contributed by atoms with Crippen molar-refractivity contribution in [3.8, 4) is 0 Å². The normalized spacial score (nSPS) is 36.1. The highest BCUT2D eigenvalue weighted by Gasteiger charge is 2.70. The Balaban J connectivity index is 2.63. The van der Waals surface area contributed by atoms with E-state index in [1.54, 1.807) is 0 Å². The zero-order valence-electron chi connectivity index (χ0n) is 9.05. The summed E-state index contributed by atoms with van der Waals surface area (Å²) < 4.78 is 5.13. The summed E-state index contributed by atoms with van der Waals surface area (Å²) >= 11 is 0. The smallest absolute Gasteiger partial charge is 0.311 e. The van der Waals surface area contributed by atoms with Gasteiger partial charge in [-0.15, -0.1) is 0 Å². The van der Waals surface area contributed by atoms with Crippen molar-refractivity contribution in [3.05, 3.63) is 0 Å².